The first-order valence-electron chi connectivity index (χ1n) is 0.697. The third-order valence-electron chi connectivity index (χ3n) is 0. The molecule has 0 bridgehead atoms. The van der Waals surface area contributed by atoms with Gasteiger partial charge in [0.05, 0.1) is 0 Å². The minimum absolute atomic E-state index is 0.806. The molecule has 0 aliphatic carbocycles. The predicted octanol–water partition coefficient (Wildman–Crippen LogP) is -0.623. The van der Waals surface area contributed by atoms with Crippen LogP contribution >= 0.6 is 0 Å². The Labute approximate surface area is 53.6 Å². The van der Waals surface area contributed by atoms with Crippen molar-refractivity contribution >= 4 is 4.78 Å². The van der Waals surface area contributed by atoms with E-state index in [1.54, 1.807) is 0 Å². The fourth-order valence-electron chi connectivity index (χ4n) is 0. The van der Waals surface area contributed by atoms with E-state index in [1.807, 2.05) is 0 Å². The zero-order valence-electron chi connectivity index (χ0n) is 2.39. The van der Waals surface area contributed by atoms with E-state index in [4.69, 9.17) is 6.65 Å². The minimum atomic E-state index is -2.00. The van der Waals surface area contributed by atoms with Gasteiger partial charge >= 0.3 is 53.9 Å². The van der Waals surface area contributed by atoms with Crippen LogP contribution in [-0.2, 0) is 49.2 Å². The van der Waals surface area contributed by atoms with Gasteiger partial charge in [-0.1, -0.05) is 0 Å². The summed E-state index contributed by atoms with van der Waals surface area (Å²) in [5, 5.41) is 0. The molecule has 23 valence electrons. The third-order valence-corrected chi connectivity index (χ3v) is 0. The molecule has 5 heavy (non-hydrogen) atoms. The average molecular weight is 269 g/mol. The van der Waals surface area contributed by atoms with Crippen molar-refractivity contribution in [1.29, 1.82) is 0 Å². The maximum absolute atomic E-state index is 8.50. The van der Waals surface area contributed by atoms with Crippen molar-refractivity contribution in [3.63, 3.8) is 0 Å². The van der Waals surface area contributed by atoms with Crippen molar-refractivity contribution in [3.8, 4) is 0 Å². The Morgan fingerprint density at radius 2 is 1.40 bits per heavy atom. The summed E-state index contributed by atoms with van der Waals surface area (Å²) in [4.78, 5) is 0. The molecule has 0 aromatic rings. The van der Waals surface area contributed by atoms with Crippen LogP contribution in [0.3, 0.4) is 0 Å². The Kier molecular flexibility index (Phi) is 35.7. The van der Waals surface area contributed by atoms with E-state index in [9.17, 15) is 0 Å². The Hall–Kier alpha value is 1.25. The van der Waals surface area contributed by atoms with E-state index in [0.29, 0.717) is 0 Å². The summed E-state index contributed by atoms with van der Waals surface area (Å²) < 4.78 is 21.6. The van der Waals surface area contributed by atoms with Gasteiger partial charge in [0.1, 0.15) is 0 Å². The molecule has 0 fully saturated rings. The second kappa shape index (κ2) is 18.7. The number of hydrogen-bond acceptors (Lipinski definition) is 2. The second-order valence-electron chi connectivity index (χ2n) is 0.0833. The first-order chi connectivity index (χ1) is 2.41. The van der Waals surface area contributed by atoms with Crippen LogP contribution in [0.5, 0.6) is 0 Å². The summed E-state index contributed by atoms with van der Waals surface area (Å²) >= 11 is -1.19. The third kappa shape index (κ3) is 35.5. The fraction of sp³-hybridized carbons (Fsp3) is 0. The molecule has 0 aromatic carbocycles. The topological polar surface area (TPSA) is 34.1 Å². The molecule has 0 saturated carbocycles. The van der Waals surface area contributed by atoms with Crippen LogP contribution in [0.25, 0.3) is 0 Å². The SMILES string of the molecule is [B]#[Hf].[O]=[Ti]=[O]. The van der Waals surface area contributed by atoms with Crippen LogP contribution < -0.4 is 0 Å². The average Bonchev–Trinajstić information content (AvgIpc) is 1.46. The molecule has 0 atom stereocenters. The van der Waals surface area contributed by atoms with Gasteiger partial charge < -0.3 is 0 Å². The summed E-state index contributed by atoms with van der Waals surface area (Å²) in [5.41, 5.74) is 0. The van der Waals surface area contributed by atoms with E-state index in [1.165, 1.54) is 0 Å². The Morgan fingerprint density at radius 1 is 1.40 bits per heavy atom. The van der Waals surface area contributed by atoms with E-state index >= 15 is 0 Å². The van der Waals surface area contributed by atoms with E-state index in [2.05, 4.69) is 4.78 Å². The van der Waals surface area contributed by atoms with Crippen molar-refractivity contribution in [2.75, 3.05) is 0 Å². The predicted molar refractivity (Wildman–Crippen MR) is 7.13 cm³/mol. The van der Waals surface area contributed by atoms with Crippen LogP contribution in [0.1, 0.15) is 0 Å². The zero-order valence-corrected chi connectivity index (χ0v) is 7.55. The van der Waals surface area contributed by atoms with Gasteiger partial charge in [-0.2, -0.15) is 0 Å². The maximum atomic E-state index is 8.50. The molecule has 0 N–H and O–H groups in total. The van der Waals surface area contributed by atoms with E-state index < -0.39 is 19.1 Å². The summed E-state index contributed by atoms with van der Waals surface area (Å²) in [6, 6.07) is 0. The molecule has 0 aliphatic heterocycles. The molecular formula is BHfO2Ti. The van der Waals surface area contributed by atoms with Crippen molar-refractivity contribution < 1.29 is 49.2 Å². The molecule has 2 nitrogen and oxygen atoms in total. The number of rotatable bonds is 0. The first kappa shape index (κ1) is 9.54. The van der Waals surface area contributed by atoms with Crippen LogP contribution in [0.2, 0.25) is 0 Å². The molecule has 0 amide bonds. The van der Waals surface area contributed by atoms with Gasteiger partial charge in [-0.05, 0) is 0 Å². The molecular weight excluding hydrogens is 269 g/mol. The second-order valence-corrected chi connectivity index (χ2v) is 0.344. The van der Waals surface area contributed by atoms with Crippen molar-refractivity contribution in [2.24, 2.45) is 0 Å². The quantitative estimate of drug-likeness (QED) is 0.549. The van der Waals surface area contributed by atoms with Gasteiger partial charge in [0.2, 0.25) is 0 Å². The normalized spacial score (nSPS) is 3.20. The van der Waals surface area contributed by atoms with Crippen LogP contribution in [0, 0.1) is 0 Å². The molecule has 5 heteroatoms. The molecule has 0 radical (unpaired) electrons. The molecule has 0 aliphatic rings. The molecule has 0 spiro atoms. The van der Waals surface area contributed by atoms with Crippen LogP contribution in [0.4, 0.5) is 0 Å². The molecule has 0 saturated heterocycles. The monoisotopic (exact) mass is 271 g/mol. The summed E-state index contributed by atoms with van der Waals surface area (Å²) in [5.74, 6) is 0. The standard InChI is InChI=1S/B.Hf.2O.Ti. The fourth-order valence-corrected chi connectivity index (χ4v) is 0. The van der Waals surface area contributed by atoms with Crippen molar-refractivity contribution in [3.05, 3.63) is 0 Å². The Morgan fingerprint density at radius 3 is 1.40 bits per heavy atom. The van der Waals surface area contributed by atoms with Crippen molar-refractivity contribution in [2.45, 2.75) is 0 Å². The Balaban J connectivity index is 0. The van der Waals surface area contributed by atoms with Crippen LogP contribution in [0.15, 0.2) is 0 Å². The zero-order chi connectivity index (χ0) is 4.71. The summed E-state index contributed by atoms with van der Waals surface area (Å²) in [6.45, 7) is 0. The van der Waals surface area contributed by atoms with Gasteiger partial charge in [0.15, 0.2) is 0 Å². The molecule has 0 rings (SSSR count). The first-order valence-corrected chi connectivity index (χ1v) is 4.05. The summed E-state index contributed by atoms with van der Waals surface area (Å²) in [7, 11) is 0. The molecule has 0 aromatic heterocycles. The Bertz CT molecular complexity index is 51.9. The number of hydrogen-bond donors (Lipinski definition) is 0. The van der Waals surface area contributed by atoms with Crippen molar-refractivity contribution in [1.82, 2.24) is 0 Å². The van der Waals surface area contributed by atoms with Gasteiger partial charge in [-0.15, -0.1) is 0 Å². The van der Waals surface area contributed by atoms with E-state index in [-0.39, 0.29) is 0 Å². The van der Waals surface area contributed by atoms with Gasteiger partial charge in [-0.25, -0.2) is 0 Å². The van der Waals surface area contributed by atoms with Gasteiger partial charge in [0.25, 0.3) is 0 Å². The van der Waals surface area contributed by atoms with Gasteiger partial charge in [-0.3, -0.25) is 0 Å². The molecule has 0 unspecified atom stereocenters. The summed E-state index contributed by atoms with van der Waals surface area (Å²) in [6.07, 6.45) is 0. The van der Waals surface area contributed by atoms with Gasteiger partial charge in [0, 0.05) is 0 Å². The van der Waals surface area contributed by atoms with Crippen LogP contribution in [-0.4, -0.2) is 4.78 Å². The van der Waals surface area contributed by atoms with E-state index in [0.717, 1.165) is 23.4 Å². The molecule has 0 heterocycles.